The van der Waals surface area contributed by atoms with Crippen LogP contribution in [0.15, 0.2) is 42.5 Å². The van der Waals surface area contributed by atoms with Gasteiger partial charge in [-0.05, 0) is 36.4 Å². The molecule has 2 aromatic carbocycles. The molecular weight excluding hydrogens is 311 g/mol. The quantitative estimate of drug-likeness (QED) is 0.852. The summed E-state index contributed by atoms with van der Waals surface area (Å²) in [5.74, 6) is 0. The Morgan fingerprint density at radius 1 is 1.10 bits per heavy atom. The number of hydrogen-bond donors (Lipinski definition) is 1. The standard InChI is InChI=1S/C15H14Cl2N2S/c1-19(9-12-13(16)3-2-4-14(12)17)11-7-5-10(6-8-11)15(18)20/h2-8H,9H2,1H3,(H2,18,20). The summed E-state index contributed by atoms with van der Waals surface area (Å²) in [7, 11) is 1.98. The Morgan fingerprint density at radius 2 is 1.65 bits per heavy atom. The van der Waals surface area contributed by atoms with Gasteiger partial charge in [0.05, 0.1) is 0 Å². The molecule has 0 aliphatic rings. The van der Waals surface area contributed by atoms with Crippen molar-refractivity contribution in [2.45, 2.75) is 6.54 Å². The zero-order chi connectivity index (χ0) is 14.7. The van der Waals surface area contributed by atoms with Gasteiger partial charge in [-0.15, -0.1) is 0 Å². The van der Waals surface area contributed by atoms with Crippen molar-refractivity contribution in [3.63, 3.8) is 0 Å². The highest BCUT2D eigenvalue weighted by molar-refractivity contribution is 7.80. The third-order valence-corrected chi connectivity index (χ3v) is 3.99. The summed E-state index contributed by atoms with van der Waals surface area (Å²) in [5, 5.41) is 1.34. The molecule has 2 rings (SSSR count). The fraction of sp³-hybridized carbons (Fsp3) is 0.133. The lowest BCUT2D eigenvalue weighted by atomic mass is 10.1. The van der Waals surface area contributed by atoms with E-state index in [1.807, 2.05) is 49.5 Å². The maximum atomic E-state index is 6.18. The van der Waals surface area contributed by atoms with E-state index in [0.717, 1.165) is 16.8 Å². The third kappa shape index (κ3) is 3.42. The highest BCUT2D eigenvalue weighted by atomic mass is 35.5. The lowest BCUT2D eigenvalue weighted by Gasteiger charge is -2.21. The Kier molecular flexibility index (Phi) is 4.86. The third-order valence-electron chi connectivity index (χ3n) is 3.05. The van der Waals surface area contributed by atoms with Crippen LogP contribution in [0, 0.1) is 0 Å². The first-order valence-electron chi connectivity index (χ1n) is 6.03. The summed E-state index contributed by atoms with van der Waals surface area (Å²) in [6, 6.07) is 13.3. The van der Waals surface area contributed by atoms with Gasteiger partial charge in [-0.25, -0.2) is 0 Å². The number of anilines is 1. The normalized spacial score (nSPS) is 10.3. The van der Waals surface area contributed by atoms with Crippen molar-refractivity contribution < 1.29 is 0 Å². The van der Waals surface area contributed by atoms with Gasteiger partial charge in [0, 0.05) is 40.5 Å². The SMILES string of the molecule is CN(Cc1c(Cl)cccc1Cl)c1ccc(C(N)=S)cc1. The molecule has 0 heterocycles. The second kappa shape index (κ2) is 6.44. The van der Waals surface area contributed by atoms with E-state index in [1.54, 1.807) is 0 Å². The predicted octanol–water partition coefficient (Wildman–Crippen LogP) is 4.26. The largest absolute Gasteiger partial charge is 0.389 e. The van der Waals surface area contributed by atoms with E-state index in [1.165, 1.54) is 0 Å². The van der Waals surface area contributed by atoms with Crippen LogP contribution in [0.4, 0.5) is 5.69 Å². The first-order valence-corrected chi connectivity index (χ1v) is 7.19. The fourth-order valence-electron chi connectivity index (χ4n) is 1.89. The lowest BCUT2D eigenvalue weighted by Crippen LogP contribution is -2.17. The highest BCUT2D eigenvalue weighted by Crippen LogP contribution is 2.27. The van der Waals surface area contributed by atoms with Crippen LogP contribution < -0.4 is 10.6 Å². The number of nitrogens with two attached hydrogens (primary N) is 1. The molecule has 20 heavy (non-hydrogen) atoms. The zero-order valence-electron chi connectivity index (χ0n) is 10.9. The minimum atomic E-state index is 0.397. The summed E-state index contributed by atoms with van der Waals surface area (Å²) in [6.45, 7) is 0.630. The van der Waals surface area contributed by atoms with Gasteiger partial charge in [0.25, 0.3) is 0 Å². The molecule has 0 saturated heterocycles. The molecule has 0 atom stereocenters. The Balaban J connectivity index is 2.19. The van der Waals surface area contributed by atoms with E-state index in [-0.39, 0.29) is 0 Å². The van der Waals surface area contributed by atoms with Crippen molar-refractivity contribution in [2.75, 3.05) is 11.9 Å². The number of nitrogens with zero attached hydrogens (tertiary/aromatic N) is 1. The number of hydrogen-bond acceptors (Lipinski definition) is 2. The van der Waals surface area contributed by atoms with Gasteiger partial charge >= 0.3 is 0 Å². The molecule has 104 valence electrons. The molecule has 0 saturated carbocycles. The maximum absolute atomic E-state index is 6.18. The van der Waals surface area contributed by atoms with Crippen LogP contribution >= 0.6 is 35.4 Å². The average Bonchev–Trinajstić information content (AvgIpc) is 2.43. The van der Waals surface area contributed by atoms with Crippen molar-refractivity contribution in [3.05, 3.63) is 63.6 Å². The summed E-state index contributed by atoms with van der Waals surface area (Å²) in [6.07, 6.45) is 0. The smallest absolute Gasteiger partial charge is 0.103 e. The Morgan fingerprint density at radius 3 is 2.15 bits per heavy atom. The molecule has 2 N–H and O–H groups in total. The molecule has 0 unspecified atom stereocenters. The van der Waals surface area contributed by atoms with E-state index >= 15 is 0 Å². The first-order chi connectivity index (χ1) is 9.49. The molecule has 0 fully saturated rings. The Bertz CT molecular complexity index is 606. The highest BCUT2D eigenvalue weighted by Gasteiger charge is 2.09. The first kappa shape index (κ1) is 15.1. The van der Waals surface area contributed by atoms with Crippen LogP contribution in [0.1, 0.15) is 11.1 Å². The Labute approximate surface area is 134 Å². The van der Waals surface area contributed by atoms with E-state index in [2.05, 4.69) is 4.90 Å². The summed E-state index contributed by atoms with van der Waals surface area (Å²) >= 11 is 17.3. The summed E-state index contributed by atoms with van der Waals surface area (Å²) < 4.78 is 0. The van der Waals surface area contributed by atoms with Gasteiger partial charge in [0.2, 0.25) is 0 Å². The number of halogens is 2. The molecular formula is C15H14Cl2N2S. The van der Waals surface area contributed by atoms with Gasteiger partial charge < -0.3 is 10.6 Å². The van der Waals surface area contributed by atoms with Gasteiger partial charge in [-0.2, -0.15) is 0 Å². The second-order valence-electron chi connectivity index (χ2n) is 4.47. The van der Waals surface area contributed by atoms with E-state index < -0.39 is 0 Å². The maximum Gasteiger partial charge on any atom is 0.103 e. The Hall–Kier alpha value is -1.29. The van der Waals surface area contributed by atoms with Crippen molar-refractivity contribution in [2.24, 2.45) is 5.73 Å². The molecule has 5 heteroatoms. The number of benzene rings is 2. The van der Waals surface area contributed by atoms with E-state index in [9.17, 15) is 0 Å². The fourth-order valence-corrected chi connectivity index (χ4v) is 2.55. The van der Waals surface area contributed by atoms with Crippen LogP contribution in [-0.2, 0) is 6.54 Å². The van der Waals surface area contributed by atoms with Crippen molar-refractivity contribution in [1.82, 2.24) is 0 Å². The molecule has 0 radical (unpaired) electrons. The van der Waals surface area contributed by atoms with Gasteiger partial charge in [0.1, 0.15) is 4.99 Å². The molecule has 0 aromatic heterocycles. The minimum absolute atomic E-state index is 0.397. The topological polar surface area (TPSA) is 29.3 Å². The van der Waals surface area contributed by atoms with Gasteiger partial charge in [-0.3, -0.25) is 0 Å². The van der Waals surface area contributed by atoms with E-state index in [4.69, 9.17) is 41.2 Å². The van der Waals surface area contributed by atoms with Crippen LogP contribution in [0.5, 0.6) is 0 Å². The van der Waals surface area contributed by atoms with Crippen LogP contribution in [-0.4, -0.2) is 12.0 Å². The van der Waals surface area contributed by atoms with Gasteiger partial charge in [0.15, 0.2) is 0 Å². The number of thiocarbonyl (C=S) groups is 1. The molecule has 2 nitrogen and oxygen atoms in total. The minimum Gasteiger partial charge on any atom is -0.389 e. The molecule has 0 aliphatic carbocycles. The summed E-state index contributed by atoms with van der Waals surface area (Å²) in [4.78, 5) is 2.46. The van der Waals surface area contributed by atoms with Crippen LogP contribution in [0.3, 0.4) is 0 Å². The molecule has 0 spiro atoms. The lowest BCUT2D eigenvalue weighted by molar-refractivity contribution is 0.923. The van der Waals surface area contributed by atoms with Crippen molar-refractivity contribution in [3.8, 4) is 0 Å². The second-order valence-corrected chi connectivity index (χ2v) is 5.72. The molecule has 0 bridgehead atoms. The monoisotopic (exact) mass is 324 g/mol. The van der Waals surface area contributed by atoms with Crippen LogP contribution in [0.25, 0.3) is 0 Å². The molecule has 2 aromatic rings. The number of rotatable bonds is 4. The van der Waals surface area contributed by atoms with E-state index in [0.29, 0.717) is 21.6 Å². The molecule has 0 aliphatic heterocycles. The van der Waals surface area contributed by atoms with Gasteiger partial charge in [-0.1, -0.05) is 41.5 Å². The van der Waals surface area contributed by atoms with Crippen molar-refractivity contribution in [1.29, 1.82) is 0 Å². The predicted molar refractivity (Wildman–Crippen MR) is 90.9 cm³/mol. The van der Waals surface area contributed by atoms with Crippen LogP contribution in [0.2, 0.25) is 10.0 Å². The molecule has 0 amide bonds. The van der Waals surface area contributed by atoms with Crippen molar-refractivity contribution >= 4 is 46.1 Å². The summed E-state index contributed by atoms with van der Waals surface area (Å²) in [5.41, 5.74) is 8.40. The average molecular weight is 325 g/mol. The zero-order valence-corrected chi connectivity index (χ0v) is 13.3.